The van der Waals surface area contributed by atoms with Gasteiger partial charge in [0, 0.05) is 12.2 Å². The molecule has 0 aliphatic rings. The van der Waals surface area contributed by atoms with Crippen LogP contribution in [0.5, 0.6) is 0 Å². The maximum absolute atomic E-state index is 12.6. The molecule has 3 aromatic rings. The van der Waals surface area contributed by atoms with E-state index in [0.29, 0.717) is 17.2 Å². The van der Waals surface area contributed by atoms with Crippen molar-refractivity contribution < 1.29 is 4.79 Å². The fourth-order valence-corrected chi connectivity index (χ4v) is 3.46. The Morgan fingerprint density at radius 1 is 1.45 bits per heavy atom. The number of amides is 1. The lowest BCUT2D eigenvalue weighted by Gasteiger charge is -2.06. The van der Waals surface area contributed by atoms with Crippen molar-refractivity contribution in [2.24, 2.45) is 0 Å². The zero-order valence-corrected chi connectivity index (χ0v) is 14.7. The van der Waals surface area contributed by atoms with Gasteiger partial charge in [0.05, 0.1) is 26.6 Å². The first-order valence-electron chi connectivity index (χ1n) is 6.77. The highest BCUT2D eigenvalue weighted by atomic mass is 79.9. The molecule has 0 spiro atoms. The van der Waals surface area contributed by atoms with Gasteiger partial charge >= 0.3 is 0 Å². The van der Waals surface area contributed by atoms with E-state index in [2.05, 4.69) is 36.3 Å². The third-order valence-electron chi connectivity index (χ3n) is 3.25. The summed E-state index contributed by atoms with van der Waals surface area (Å²) in [5, 5.41) is 8.63. The highest BCUT2D eigenvalue weighted by molar-refractivity contribution is 9.11. The fourth-order valence-electron chi connectivity index (χ4n) is 2.35. The molecule has 0 atom stereocenters. The van der Waals surface area contributed by atoms with E-state index in [9.17, 15) is 4.79 Å². The second-order valence-electron chi connectivity index (χ2n) is 4.83. The first-order valence-corrected chi connectivity index (χ1v) is 8.38. The van der Waals surface area contributed by atoms with Crippen LogP contribution < -0.4 is 5.32 Å². The van der Waals surface area contributed by atoms with E-state index in [0.717, 1.165) is 26.2 Å². The van der Waals surface area contributed by atoms with Gasteiger partial charge in [0.1, 0.15) is 0 Å². The summed E-state index contributed by atoms with van der Waals surface area (Å²) in [6, 6.07) is 1.79. The van der Waals surface area contributed by atoms with Crippen molar-refractivity contribution in [1.82, 2.24) is 19.7 Å². The molecule has 8 heteroatoms. The number of pyridine rings is 1. The van der Waals surface area contributed by atoms with E-state index in [1.165, 1.54) is 11.3 Å². The molecule has 22 heavy (non-hydrogen) atoms. The van der Waals surface area contributed by atoms with E-state index in [-0.39, 0.29) is 5.91 Å². The zero-order chi connectivity index (χ0) is 15.9. The second kappa shape index (κ2) is 5.77. The number of nitrogens with one attached hydrogen (secondary N) is 1. The number of nitrogens with zero attached hydrogens (tertiary/aromatic N) is 4. The zero-order valence-electron chi connectivity index (χ0n) is 12.3. The first-order chi connectivity index (χ1) is 10.5. The predicted molar refractivity (Wildman–Crippen MR) is 90.4 cm³/mol. The van der Waals surface area contributed by atoms with Crippen LogP contribution in [-0.2, 0) is 6.54 Å². The Morgan fingerprint density at radius 3 is 2.86 bits per heavy atom. The quantitative estimate of drug-likeness (QED) is 0.755. The Kier molecular flexibility index (Phi) is 3.96. The summed E-state index contributed by atoms with van der Waals surface area (Å²) in [5.74, 6) is -0.198. The highest BCUT2D eigenvalue weighted by Crippen LogP contribution is 2.26. The van der Waals surface area contributed by atoms with Crippen LogP contribution in [0.1, 0.15) is 28.7 Å². The largest absolute Gasteiger partial charge is 0.298 e. The van der Waals surface area contributed by atoms with Crippen LogP contribution in [0.3, 0.4) is 0 Å². The van der Waals surface area contributed by atoms with E-state index < -0.39 is 0 Å². The summed E-state index contributed by atoms with van der Waals surface area (Å²) in [6.45, 7) is 6.48. The SMILES string of the molecule is CCn1nc(C)c2c(C(=O)Nc3ncc(Br)s3)cc(C)nc21. The molecule has 1 amide bonds. The summed E-state index contributed by atoms with van der Waals surface area (Å²) in [5.41, 5.74) is 2.90. The summed E-state index contributed by atoms with van der Waals surface area (Å²) < 4.78 is 2.68. The van der Waals surface area contributed by atoms with Gasteiger partial charge in [-0.05, 0) is 42.8 Å². The Hall–Kier alpha value is -1.80. The van der Waals surface area contributed by atoms with Gasteiger partial charge in [0.2, 0.25) is 0 Å². The van der Waals surface area contributed by atoms with Crippen molar-refractivity contribution in [3.8, 4) is 0 Å². The molecule has 1 N–H and O–H groups in total. The van der Waals surface area contributed by atoms with Crippen LogP contribution in [0.25, 0.3) is 11.0 Å². The molecule has 0 aliphatic carbocycles. The molecular formula is C14H14BrN5OS. The maximum Gasteiger partial charge on any atom is 0.258 e. The lowest BCUT2D eigenvalue weighted by molar-refractivity contribution is 0.102. The molecule has 0 fully saturated rings. The number of hydrogen-bond donors (Lipinski definition) is 1. The number of halogens is 1. The van der Waals surface area contributed by atoms with Crippen LogP contribution in [0.4, 0.5) is 5.13 Å². The molecule has 114 valence electrons. The van der Waals surface area contributed by atoms with Crippen LogP contribution in [0.15, 0.2) is 16.0 Å². The van der Waals surface area contributed by atoms with Gasteiger partial charge in [-0.2, -0.15) is 5.10 Å². The Labute approximate surface area is 139 Å². The van der Waals surface area contributed by atoms with E-state index in [4.69, 9.17) is 0 Å². The Balaban J connectivity index is 2.09. The highest BCUT2D eigenvalue weighted by Gasteiger charge is 2.19. The van der Waals surface area contributed by atoms with E-state index in [1.54, 1.807) is 12.3 Å². The van der Waals surface area contributed by atoms with Gasteiger partial charge in [-0.25, -0.2) is 14.6 Å². The van der Waals surface area contributed by atoms with E-state index >= 15 is 0 Å². The minimum atomic E-state index is -0.198. The van der Waals surface area contributed by atoms with Crippen molar-refractivity contribution in [2.45, 2.75) is 27.3 Å². The molecule has 0 bridgehead atoms. The van der Waals surface area contributed by atoms with Gasteiger partial charge in [-0.1, -0.05) is 11.3 Å². The Morgan fingerprint density at radius 2 is 2.23 bits per heavy atom. The molecule has 0 saturated heterocycles. The van der Waals surface area contributed by atoms with Crippen LogP contribution in [0, 0.1) is 13.8 Å². The summed E-state index contributed by atoms with van der Waals surface area (Å²) in [7, 11) is 0. The van der Waals surface area contributed by atoms with Crippen molar-refractivity contribution in [1.29, 1.82) is 0 Å². The summed E-state index contributed by atoms with van der Waals surface area (Å²) in [6.07, 6.45) is 1.66. The van der Waals surface area contributed by atoms with Crippen LogP contribution in [-0.4, -0.2) is 25.7 Å². The smallest absolute Gasteiger partial charge is 0.258 e. The molecule has 3 heterocycles. The maximum atomic E-state index is 12.6. The lowest BCUT2D eigenvalue weighted by atomic mass is 10.1. The third kappa shape index (κ3) is 2.64. The van der Waals surface area contributed by atoms with Gasteiger partial charge in [0.15, 0.2) is 10.8 Å². The standard InChI is InChI=1S/C14H14BrN5OS/c1-4-20-12-11(8(3)19-20)9(5-7(2)17-12)13(21)18-14-16-6-10(15)22-14/h5-6H,4H2,1-3H3,(H,16,18,21). The molecule has 3 aromatic heterocycles. The second-order valence-corrected chi connectivity index (χ2v) is 7.24. The number of carbonyl (C=O) groups excluding carboxylic acids is 1. The van der Waals surface area contributed by atoms with Gasteiger partial charge in [-0.3, -0.25) is 10.1 Å². The summed E-state index contributed by atoms with van der Waals surface area (Å²) in [4.78, 5) is 21.3. The minimum Gasteiger partial charge on any atom is -0.298 e. The van der Waals surface area contributed by atoms with Crippen molar-refractivity contribution >= 4 is 49.3 Å². The van der Waals surface area contributed by atoms with Crippen LogP contribution in [0.2, 0.25) is 0 Å². The van der Waals surface area contributed by atoms with E-state index in [1.807, 2.05) is 25.5 Å². The molecule has 0 unspecified atom stereocenters. The molecule has 3 rings (SSSR count). The number of aromatic nitrogens is 4. The molecule has 0 radical (unpaired) electrons. The average Bonchev–Trinajstić information content (AvgIpc) is 3.01. The molecule has 0 aromatic carbocycles. The molecule has 0 aliphatic heterocycles. The summed E-state index contributed by atoms with van der Waals surface area (Å²) >= 11 is 4.71. The third-order valence-corrected chi connectivity index (χ3v) is 4.64. The minimum absolute atomic E-state index is 0.198. The normalized spacial score (nSPS) is 11.1. The fraction of sp³-hybridized carbons (Fsp3) is 0.286. The molecular weight excluding hydrogens is 366 g/mol. The average molecular weight is 380 g/mol. The Bertz CT molecular complexity index is 870. The number of hydrogen-bond acceptors (Lipinski definition) is 5. The van der Waals surface area contributed by atoms with Gasteiger partial charge in [0.25, 0.3) is 5.91 Å². The number of aryl methyl sites for hydroxylation is 3. The number of rotatable bonds is 3. The lowest BCUT2D eigenvalue weighted by Crippen LogP contribution is -2.13. The number of fused-ring (bicyclic) bond motifs is 1. The number of carbonyl (C=O) groups is 1. The van der Waals surface area contributed by atoms with Crippen molar-refractivity contribution in [3.05, 3.63) is 33.0 Å². The van der Waals surface area contributed by atoms with Crippen molar-refractivity contribution in [3.63, 3.8) is 0 Å². The van der Waals surface area contributed by atoms with Crippen molar-refractivity contribution in [2.75, 3.05) is 5.32 Å². The number of thiazole rings is 1. The monoisotopic (exact) mass is 379 g/mol. The van der Waals surface area contributed by atoms with Crippen LogP contribution >= 0.6 is 27.3 Å². The molecule has 0 saturated carbocycles. The topological polar surface area (TPSA) is 72.7 Å². The predicted octanol–water partition coefficient (Wildman–Crippen LogP) is 3.54. The van der Waals surface area contributed by atoms with Gasteiger partial charge < -0.3 is 0 Å². The molecule has 6 nitrogen and oxygen atoms in total. The van der Waals surface area contributed by atoms with Gasteiger partial charge in [-0.15, -0.1) is 0 Å². The number of anilines is 1. The first kappa shape index (κ1) is 15.1.